The fraction of sp³-hybridized carbons (Fsp3) is 0.429. The number of esters is 1. The largest absolute Gasteiger partial charge is 0.451 e. The molecule has 0 bridgehead atoms. The molecule has 0 unspecified atom stereocenters. The van der Waals surface area contributed by atoms with Crippen LogP contribution in [0.1, 0.15) is 33.5 Å². The molecule has 2 heterocycles. The van der Waals surface area contributed by atoms with Crippen LogP contribution in [0.2, 0.25) is 0 Å². The third kappa shape index (κ3) is 5.91. The summed E-state index contributed by atoms with van der Waals surface area (Å²) in [7, 11) is -3.59. The van der Waals surface area contributed by atoms with Crippen LogP contribution in [0.4, 0.5) is 5.69 Å². The molecule has 1 aliphatic rings. The van der Waals surface area contributed by atoms with E-state index in [1.807, 2.05) is 13.0 Å². The van der Waals surface area contributed by atoms with Crippen LogP contribution >= 0.6 is 11.3 Å². The summed E-state index contributed by atoms with van der Waals surface area (Å²) < 4.78 is 36.9. The summed E-state index contributed by atoms with van der Waals surface area (Å²) >= 11 is 1.36. The van der Waals surface area contributed by atoms with Crippen LogP contribution in [0.15, 0.2) is 35.2 Å². The lowest BCUT2D eigenvalue weighted by Crippen LogP contribution is -2.40. The quantitative estimate of drug-likeness (QED) is 0.600. The van der Waals surface area contributed by atoms with E-state index in [9.17, 15) is 18.0 Å². The molecule has 10 heteroatoms. The second kappa shape index (κ2) is 10.4. The van der Waals surface area contributed by atoms with Crippen LogP contribution < -0.4 is 5.32 Å². The second-order valence-corrected chi connectivity index (χ2v) is 10.3. The van der Waals surface area contributed by atoms with Crippen molar-refractivity contribution in [2.75, 3.05) is 38.2 Å². The summed E-state index contributed by atoms with van der Waals surface area (Å²) in [5.74, 6) is -1.03. The molecule has 2 aromatic rings. The summed E-state index contributed by atoms with van der Waals surface area (Å²) in [6.07, 6.45) is 1.88. The maximum atomic E-state index is 12.6. The van der Waals surface area contributed by atoms with Crippen LogP contribution in [-0.2, 0) is 30.7 Å². The highest BCUT2D eigenvalue weighted by atomic mass is 32.2. The number of hydrogen-bond acceptors (Lipinski definition) is 7. The fourth-order valence-electron chi connectivity index (χ4n) is 3.18. The number of ether oxygens (including phenoxy) is 2. The number of amides is 1. The van der Waals surface area contributed by atoms with Crippen molar-refractivity contribution in [3.05, 3.63) is 45.6 Å². The van der Waals surface area contributed by atoms with Gasteiger partial charge in [0.15, 0.2) is 6.61 Å². The average molecular weight is 467 g/mol. The Morgan fingerprint density at radius 3 is 2.52 bits per heavy atom. The Bertz CT molecular complexity index is 1020. The van der Waals surface area contributed by atoms with Crippen LogP contribution in [-0.4, -0.2) is 57.5 Å². The standard InChI is InChI=1S/C21H26N2O6S2/c1-3-4-16-13-19(30-15(16)2)21(25)29-14-20(24)22-17-5-7-18(8-6-17)31(26,27)23-9-11-28-12-10-23/h5-8,13H,3-4,9-12,14H2,1-2H3,(H,22,24). The molecular formula is C21H26N2O6S2. The molecule has 0 spiro atoms. The summed E-state index contributed by atoms with van der Waals surface area (Å²) in [6, 6.07) is 7.71. The number of carbonyl (C=O) groups excluding carboxylic acids is 2. The van der Waals surface area contributed by atoms with Gasteiger partial charge >= 0.3 is 5.97 Å². The van der Waals surface area contributed by atoms with Gasteiger partial charge in [-0.15, -0.1) is 11.3 Å². The molecule has 31 heavy (non-hydrogen) atoms. The molecular weight excluding hydrogens is 440 g/mol. The SMILES string of the molecule is CCCc1cc(C(=O)OCC(=O)Nc2ccc(S(=O)(=O)N3CCOCC3)cc2)sc1C. The zero-order valence-corrected chi connectivity index (χ0v) is 19.2. The van der Waals surface area contributed by atoms with E-state index in [0.29, 0.717) is 36.9 Å². The maximum absolute atomic E-state index is 12.6. The molecule has 0 atom stereocenters. The molecule has 1 aromatic heterocycles. The third-order valence-corrected chi connectivity index (χ3v) is 7.81. The molecule has 1 aliphatic heterocycles. The highest BCUT2D eigenvalue weighted by Gasteiger charge is 2.26. The monoisotopic (exact) mass is 466 g/mol. The Kier molecular flexibility index (Phi) is 7.82. The molecule has 1 aromatic carbocycles. The number of nitrogens with one attached hydrogen (secondary N) is 1. The lowest BCUT2D eigenvalue weighted by Gasteiger charge is -2.26. The molecule has 1 saturated heterocycles. The first-order valence-electron chi connectivity index (χ1n) is 10.1. The second-order valence-electron chi connectivity index (χ2n) is 7.11. The summed E-state index contributed by atoms with van der Waals surface area (Å²) in [6.45, 7) is 4.98. The molecule has 1 amide bonds. The van der Waals surface area contributed by atoms with Crippen molar-refractivity contribution < 1.29 is 27.5 Å². The topological polar surface area (TPSA) is 102 Å². The van der Waals surface area contributed by atoms with Crippen molar-refractivity contribution in [2.45, 2.75) is 31.6 Å². The molecule has 0 radical (unpaired) electrons. The van der Waals surface area contributed by atoms with Gasteiger partial charge in [-0.2, -0.15) is 4.31 Å². The number of hydrogen-bond donors (Lipinski definition) is 1. The predicted octanol–water partition coefficient (Wildman–Crippen LogP) is 2.83. The lowest BCUT2D eigenvalue weighted by molar-refractivity contribution is -0.119. The molecule has 168 valence electrons. The zero-order chi connectivity index (χ0) is 22.4. The Morgan fingerprint density at radius 2 is 1.87 bits per heavy atom. The number of benzene rings is 1. The maximum Gasteiger partial charge on any atom is 0.348 e. The smallest absolute Gasteiger partial charge is 0.348 e. The Labute approximate surface area is 186 Å². The summed E-state index contributed by atoms with van der Waals surface area (Å²) in [5.41, 5.74) is 1.54. The van der Waals surface area contributed by atoms with Gasteiger partial charge in [0.2, 0.25) is 10.0 Å². The first-order chi connectivity index (χ1) is 14.8. The molecule has 1 N–H and O–H groups in total. The minimum Gasteiger partial charge on any atom is -0.451 e. The Balaban J connectivity index is 1.53. The zero-order valence-electron chi connectivity index (χ0n) is 17.5. The average Bonchev–Trinajstić information content (AvgIpc) is 3.14. The van der Waals surface area contributed by atoms with Crippen LogP contribution in [0.5, 0.6) is 0 Å². The van der Waals surface area contributed by atoms with Crippen molar-refractivity contribution in [3.8, 4) is 0 Å². The van der Waals surface area contributed by atoms with Crippen LogP contribution in [0, 0.1) is 6.92 Å². The summed E-state index contributed by atoms with van der Waals surface area (Å²) in [5, 5.41) is 2.60. The number of morpholine rings is 1. The molecule has 3 rings (SSSR count). The van der Waals surface area contributed by atoms with Crippen LogP contribution in [0.3, 0.4) is 0 Å². The van der Waals surface area contributed by atoms with Crippen molar-refractivity contribution in [3.63, 3.8) is 0 Å². The number of sulfonamides is 1. The number of anilines is 1. The van der Waals surface area contributed by atoms with E-state index in [-0.39, 0.29) is 4.90 Å². The van der Waals surface area contributed by atoms with E-state index >= 15 is 0 Å². The van der Waals surface area contributed by atoms with Crippen LogP contribution in [0.25, 0.3) is 0 Å². The molecule has 8 nitrogen and oxygen atoms in total. The van der Waals surface area contributed by atoms with Gasteiger partial charge in [0, 0.05) is 23.7 Å². The Morgan fingerprint density at radius 1 is 1.19 bits per heavy atom. The van der Waals surface area contributed by atoms with Gasteiger partial charge < -0.3 is 14.8 Å². The third-order valence-electron chi connectivity index (χ3n) is 4.82. The van der Waals surface area contributed by atoms with Gasteiger partial charge in [-0.05, 0) is 49.2 Å². The van der Waals surface area contributed by atoms with Gasteiger partial charge in [0.1, 0.15) is 4.88 Å². The van der Waals surface area contributed by atoms with Gasteiger partial charge in [-0.1, -0.05) is 13.3 Å². The molecule has 0 aliphatic carbocycles. The predicted molar refractivity (Wildman–Crippen MR) is 118 cm³/mol. The van der Waals surface area contributed by atoms with Crippen molar-refractivity contribution in [1.82, 2.24) is 4.31 Å². The minimum atomic E-state index is -3.59. The number of nitrogens with zero attached hydrogens (tertiary/aromatic N) is 1. The number of rotatable bonds is 8. The van der Waals surface area contributed by atoms with Gasteiger partial charge in [-0.3, -0.25) is 4.79 Å². The number of carbonyl (C=O) groups is 2. The highest BCUT2D eigenvalue weighted by molar-refractivity contribution is 7.89. The van der Waals surface area contributed by atoms with Crippen molar-refractivity contribution in [1.29, 1.82) is 0 Å². The first-order valence-corrected chi connectivity index (χ1v) is 12.3. The Hall–Kier alpha value is -2.27. The van der Waals surface area contributed by atoms with E-state index < -0.39 is 28.5 Å². The molecule has 1 fully saturated rings. The fourth-order valence-corrected chi connectivity index (χ4v) is 5.56. The van der Waals surface area contributed by atoms with E-state index in [4.69, 9.17) is 9.47 Å². The van der Waals surface area contributed by atoms with Crippen molar-refractivity contribution >= 4 is 38.9 Å². The minimum absolute atomic E-state index is 0.148. The van der Waals surface area contributed by atoms with Gasteiger partial charge in [-0.25, -0.2) is 13.2 Å². The van der Waals surface area contributed by atoms with E-state index in [2.05, 4.69) is 12.2 Å². The number of thiophene rings is 1. The van der Waals surface area contributed by atoms with E-state index in [1.165, 1.54) is 39.9 Å². The van der Waals surface area contributed by atoms with Gasteiger partial charge in [0.25, 0.3) is 5.91 Å². The normalized spacial score (nSPS) is 14.9. The lowest BCUT2D eigenvalue weighted by atomic mass is 10.1. The van der Waals surface area contributed by atoms with E-state index in [1.54, 1.807) is 0 Å². The summed E-state index contributed by atoms with van der Waals surface area (Å²) in [4.78, 5) is 26.0. The van der Waals surface area contributed by atoms with Gasteiger partial charge in [0.05, 0.1) is 18.1 Å². The first kappa shape index (κ1) is 23.4. The van der Waals surface area contributed by atoms with E-state index in [0.717, 1.165) is 23.3 Å². The number of aryl methyl sites for hydroxylation is 2. The highest BCUT2D eigenvalue weighted by Crippen LogP contribution is 2.24. The van der Waals surface area contributed by atoms with Crippen molar-refractivity contribution in [2.24, 2.45) is 0 Å². The molecule has 0 saturated carbocycles.